The van der Waals surface area contributed by atoms with Crippen molar-refractivity contribution < 1.29 is 13.6 Å². The minimum atomic E-state index is -0.488. The van der Waals surface area contributed by atoms with Crippen molar-refractivity contribution in [3.05, 3.63) is 28.6 Å². The van der Waals surface area contributed by atoms with Crippen molar-refractivity contribution in [3.63, 3.8) is 0 Å². The molecule has 0 bridgehead atoms. The molecule has 1 N–H and O–H groups in total. The molecule has 0 saturated carbocycles. The summed E-state index contributed by atoms with van der Waals surface area (Å²) in [7, 11) is 3.86. The Morgan fingerprint density at radius 2 is 1.95 bits per heavy atom. The molecule has 1 aromatic carbocycles. The molecule has 6 heteroatoms. The number of hydrogen-bond donors (Lipinski definition) is 1. The van der Waals surface area contributed by atoms with E-state index in [0.717, 1.165) is 12.8 Å². The molecule has 3 rings (SSSR count). The van der Waals surface area contributed by atoms with E-state index in [2.05, 4.69) is 9.97 Å². The molecule has 1 aromatic heterocycles. The van der Waals surface area contributed by atoms with Crippen LogP contribution in [0, 0.1) is 17.6 Å². The summed E-state index contributed by atoms with van der Waals surface area (Å²) in [6, 6.07) is 0. The van der Waals surface area contributed by atoms with Crippen LogP contribution in [-0.2, 0) is 24.1 Å². The Morgan fingerprint density at radius 3 is 2.57 bits per heavy atom. The summed E-state index contributed by atoms with van der Waals surface area (Å²) in [5, 5.41) is 0. The van der Waals surface area contributed by atoms with E-state index in [9.17, 15) is 13.6 Å². The molecule has 4 nitrogen and oxygen atoms in total. The van der Waals surface area contributed by atoms with E-state index in [1.165, 1.54) is 0 Å². The van der Waals surface area contributed by atoms with Crippen LogP contribution in [0.5, 0.6) is 0 Å². The maximum atomic E-state index is 14.5. The van der Waals surface area contributed by atoms with Crippen LogP contribution < -0.4 is 0 Å². The number of nitrogens with zero attached hydrogens (tertiary/aromatic N) is 2. The second-order valence-electron chi connectivity index (χ2n) is 5.85. The van der Waals surface area contributed by atoms with Crippen molar-refractivity contribution in [2.24, 2.45) is 5.92 Å². The van der Waals surface area contributed by atoms with Crippen LogP contribution in [-0.4, -0.2) is 41.8 Å². The van der Waals surface area contributed by atoms with Gasteiger partial charge in [0.1, 0.15) is 23.1 Å². The van der Waals surface area contributed by atoms with Gasteiger partial charge in [-0.05, 0) is 38.1 Å². The van der Waals surface area contributed by atoms with Gasteiger partial charge in [0.15, 0.2) is 11.6 Å². The summed E-state index contributed by atoms with van der Waals surface area (Å²) < 4.78 is 29.0. The number of carbonyl (C=O) groups excluding carboxylic acids is 1. The minimum absolute atomic E-state index is 0.0477. The Kier molecular flexibility index (Phi) is 3.49. The van der Waals surface area contributed by atoms with Gasteiger partial charge in [-0.3, -0.25) is 0 Å². The lowest BCUT2D eigenvalue weighted by atomic mass is 10.1. The van der Waals surface area contributed by atoms with Gasteiger partial charge in [0.05, 0.1) is 0 Å². The third-order valence-corrected chi connectivity index (χ3v) is 4.00. The van der Waals surface area contributed by atoms with Gasteiger partial charge in [-0.1, -0.05) is 0 Å². The number of likely N-dealkylation sites (N-methyl/N-ethyl adjacent to an activating group) is 1. The first-order valence-electron chi connectivity index (χ1n) is 6.98. The molecule has 21 heavy (non-hydrogen) atoms. The van der Waals surface area contributed by atoms with E-state index < -0.39 is 11.6 Å². The Balaban J connectivity index is 2.06. The molecule has 0 aliphatic heterocycles. The number of halogens is 2. The summed E-state index contributed by atoms with van der Waals surface area (Å²) in [5.41, 5.74) is 0.792. The SMILES string of the molecule is CN(C)CCc1nc2c(F)c3c(c(F)c2[nH]1)CC(C=O)C3. The van der Waals surface area contributed by atoms with Gasteiger partial charge in [-0.25, -0.2) is 13.8 Å². The molecule has 1 atom stereocenters. The van der Waals surface area contributed by atoms with Crippen LogP contribution in [0.25, 0.3) is 11.0 Å². The average molecular weight is 293 g/mol. The molecule has 1 unspecified atom stereocenters. The molecular weight excluding hydrogens is 276 g/mol. The van der Waals surface area contributed by atoms with Crippen LogP contribution in [0.3, 0.4) is 0 Å². The molecule has 1 heterocycles. The first-order chi connectivity index (χ1) is 10.0. The van der Waals surface area contributed by atoms with Crippen molar-refractivity contribution in [2.45, 2.75) is 19.3 Å². The maximum Gasteiger partial charge on any atom is 0.154 e. The molecule has 0 radical (unpaired) electrons. The quantitative estimate of drug-likeness (QED) is 0.875. The number of carbonyl (C=O) groups is 1. The fourth-order valence-corrected chi connectivity index (χ4v) is 2.87. The van der Waals surface area contributed by atoms with E-state index in [4.69, 9.17) is 0 Å². The fourth-order valence-electron chi connectivity index (χ4n) is 2.87. The number of fused-ring (bicyclic) bond motifs is 2. The predicted molar refractivity (Wildman–Crippen MR) is 75.2 cm³/mol. The Hall–Kier alpha value is -1.82. The number of rotatable bonds is 4. The zero-order valence-electron chi connectivity index (χ0n) is 12.0. The predicted octanol–water partition coefficient (Wildman–Crippen LogP) is 1.86. The van der Waals surface area contributed by atoms with Crippen molar-refractivity contribution >= 4 is 17.3 Å². The van der Waals surface area contributed by atoms with Gasteiger partial charge < -0.3 is 14.7 Å². The number of H-pyrrole nitrogens is 1. The monoisotopic (exact) mass is 293 g/mol. The van der Waals surface area contributed by atoms with Crippen LogP contribution in [0.15, 0.2) is 0 Å². The lowest BCUT2D eigenvalue weighted by molar-refractivity contribution is -0.110. The number of aromatic amines is 1. The van der Waals surface area contributed by atoms with E-state index in [1.807, 2.05) is 19.0 Å². The molecule has 1 aliphatic rings. The summed E-state index contributed by atoms with van der Waals surface area (Å²) in [4.78, 5) is 19.9. The van der Waals surface area contributed by atoms with E-state index in [-0.39, 0.29) is 29.8 Å². The van der Waals surface area contributed by atoms with Crippen LogP contribution in [0.2, 0.25) is 0 Å². The Labute approximate surface area is 121 Å². The molecule has 2 aromatic rings. The standard InChI is InChI=1S/C15H17F2N3O/c1-20(2)4-3-11-18-14-12(16)9-5-8(7-21)6-10(9)13(17)15(14)19-11/h7-8H,3-6H2,1-2H3,(H,18,19). The van der Waals surface area contributed by atoms with Gasteiger partial charge in [0, 0.05) is 18.9 Å². The normalized spacial score (nSPS) is 15.1. The average Bonchev–Trinajstić information content (AvgIpc) is 3.07. The highest BCUT2D eigenvalue weighted by Gasteiger charge is 2.30. The Bertz CT molecular complexity index is 660. The second kappa shape index (κ2) is 5.18. The van der Waals surface area contributed by atoms with Crippen LogP contribution in [0.1, 0.15) is 17.0 Å². The largest absolute Gasteiger partial charge is 0.339 e. The van der Waals surface area contributed by atoms with Crippen molar-refractivity contribution in [2.75, 3.05) is 20.6 Å². The molecule has 1 aliphatic carbocycles. The van der Waals surface area contributed by atoms with E-state index >= 15 is 0 Å². The van der Waals surface area contributed by atoms with E-state index in [0.29, 0.717) is 23.4 Å². The first kappa shape index (κ1) is 14.1. The number of aldehydes is 1. The third kappa shape index (κ3) is 2.33. The summed E-state index contributed by atoms with van der Waals surface area (Å²) in [6.45, 7) is 0.746. The lowest BCUT2D eigenvalue weighted by Gasteiger charge is -2.06. The maximum absolute atomic E-state index is 14.5. The van der Waals surface area contributed by atoms with E-state index in [1.54, 1.807) is 0 Å². The van der Waals surface area contributed by atoms with Crippen molar-refractivity contribution in [3.8, 4) is 0 Å². The summed E-state index contributed by atoms with van der Waals surface area (Å²) >= 11 is 0. The topological polar surface area (TPSA) is 49.0 Å². The van der Waals surface area contributed by atoms with Gasteiger partial charge >= 0.3 is 0 Å². The highest BCUT2D eigenvalue weighted by molar-refractivity contribution is 5.80. The Morgan fingerprint density at radius 1 is 1.29 bits per heavy atom. The molecule has 0 fully saturated rings. The van der Waals surface area contributed by atoms with Gasteiger partial charge in [-0.15, -0.1) is 0 Å². The number of hydrogen-bond acceptors (Lipinski definition) is 3. The molecular formula is C15H17F2N3O. The molecule has 0 saturated heterocycles. The number of aromatic nitrogens is 2. The summed E-state index contributed by atoms with van der Waals surface area (Å²) in [5.74, 6) is -0.705. The lowest BCUT2D eigenvalue weighted by Crippen LogP contribution is -2.15. The van der Waals surface area contributed by atoms with Crippen molar-refractivity contribution in [1.29, 1.82) is 0 Å². The number of nitrogens with one attached hydrogen (secondary N) is 1. The van der Waals surface area contributed by atoms with Gasteiger partial charge in [0.2, 0.25) is 0 Å². The highest BCUT2D eigenvalue weighted by atomic mass is 19.1. The van der Waals surface area contributed by atoms with Gasteiger partial charge in [0.25, 0.3) is 0 Å². The highest BCUT2D eigenvalue weighted by Crippen LogP contribution is 2.35. The van der Waals surface area contributed by atoms with Gasteiger partial charge in [-0.2, -0.15) is 0 Å². The first-order valence-corrected chi connectivity index (χ1v) is 6.98. The molecule has 0 spiro atoms. The summed E-state index contributed by atoms with van der Waals surface area (Å²) in [6.07, 6.45) is 1.90. The smallest absolute Gasteiger partial charge is 0.154 e. The second-order valence-corrected chi connectivity index (χ2v) is 5.85. The third-order valence-electron chi connectivity index (χ3n) is 4.00. The van der Waals surface area contributed by atoms with Crippen LogP contribution in [0.4, 0.5) is 8.78 Å². The number of imidazole rings is 1. The molecule has 0 amide bonds. The van der Waals surface area contributed by atoms with Crippen LogP contribution >= 0.6 is 0 Å². The van der Waals surface area contributed by atoms with Crippen molar-refractivity contribution in [1.82, 2.24) is 14.9 Å². The fraction of sp³-hybridized carbons (Fsp3) is 0.467. The zero-order valence-corrected chi connectivity index (χ0v) is 12.0. The minimum Gasteiger partial charge on any atom is -0.339 e. The zero-order chi connectivity index (χ0) is 15.1. The number of benzene rings is 1. The molecule has 112 valence electrons.